The summed E-state index contributed by atoms with van der Waals surface area (Å²) in [6.45, 7) is 24.1. The molecule has 5 aliphatic rings. The van der Waals surface area contributed by atoms with E-state index >= 15 is 0 Å². The number of nitrogens with zero attached hydrogens (tertiary/aromatic N) is 2. The molecule has 2 unspecified atom stereocenters. The fourth-order valence-electron chi connectivity index (χ4n) is 11.0. The van der Waals surface area contributed by atoms with E-state index in [-0.39, 0.29) is 14.2 Å². The predicted octanol–water partition coefficient (Wildman–Crippen LogP) is 18.9. The van der Waals surface area contributed by atoms with Crippen LogP contribution in [-0.4, -0.2) is 58.6 Å². The van der Waals surface area contributed by atoms with Crippen LogP contribution in [0.4, 0.5) is 46.5 Å². The molecule has 4 fully saturated rings. The zero-order valence-corrected chi connectivity index (χ0v) is 49.6. The number of hydrogen-bond acceptors (Lipinski definition) is 6. The van der Waals surface area contributed by atoms with Gasteiger partial charge in [-0.25, -0.2) is 0 Å². The third-order valence-electron chi connectivity index (χ3n) is 14.2. The first kappa shape index (κ1) is 65.1. The summed E-state index contributed by atoms with van der Waals surface area (Å²) in [5.41, 5.74) is 15.6. The van der Waals surface area contributed by atoms with Gasteiger partial charge in [-0.3, -0.25) is 0 Å². The topological polar surface area (TPSA) is 43.4 Å². The van der Waals surface area contributed by atoms with Crippen molar-refractivity contribution in [2.75, 3.05) is 22.9 Å². The van der Waals surface area contributed by atoms with Crippen LogP contribution in [0.1, 0.15) is 149 Å². The number of ether oxygens (including phenoxy) is 4. The Kier molecular flexibility index (Phi) is 26.0. The Morgan fingerprint density at radius 1 is 0.724 bits per heavy atom. The zero-order chi connectivity index (χ0) is 56.4. The summed E-state index contributed by atoms with van der Waals surface area (Å²) in [4.78, 5) is 4.81. The molecule has 18 heteroatoms. The quantitative estimate of drug-likeness (QED) is 0.0503. The predicted molar refractivity (Wildman–Crippen MR) is 295 cm³/mol. The Balaban J connectivity index is 0.000000214. The van der Waals surface area contributed by atoms with E-state index in [9.17, 15) is 35.1 Å². The van der Waals surface area contributed by atoms with Gasteiger partial charge >= 0.3 is 103 Å². The van der Waals surface area contributed by atoms with E-state index < -0.39 is 49.5 Å². The Labute approximate surface area is 461 Å². The summed E-state index contributed by atoms with van der Waals surface area (Å²) in [6.07, 6.45) is 15.0. The summed E-state index contributed by atoms with van der Waals surface area (Å²) < 4.78 is 113. The van der Waals surface area contributed by atoms with Crippen LogP contribution in [0.2, 0.25) is 0 Å². The van der Waals surface area contributed by atoms with Crippen molar-refractivity contribution < 1.29 is 67.6 Å². The number of halogens is 10. The van der Waals surface area contributed by atoms with Gasteiger partial charge in [-0.2, -0.15) is 41.8 Å². The number of rotatable bonds is 10. The average Bonchev–Trinajstić information content (AvgIpc) is 3.96. The third kappa shape index (κ3) is 19.8. The molecule has 2 atom stereocenters. The van der Waals surface area contributed by atoms with Crippen LogP contribution in [0.15, 0.2) is 92.3 Å². The maximum absolute atomic E-state index is 12.1. The number of aryl methyl sites for hydroxylation is 6. The fraction of sp³-hybridized carbons (Fsp3) is 0.552. The molecule has 428 valence electrons. The molecule has 2 heterocycles. The van der Waals surface area contributed by atoms with Crippen molar-refractivity contribution in [1.82, 2.24) is 0 Å². The molecule has 0 radical (unpaired) electrons. The maximum atomic E-state index is 12.1. The first-order valence-electron chi connectivity index (χ1n) is 26.2. The molecule has 8 rings (SSSR count). The second-order valence-electron chi connectivity index (χ2n) is 20.5. The second kappa shape index (κ2) is 30.3. The molecule has 0 amide bonds. The minimum atomic E-state index is -4.88. The van der Waals surface area contributed by atoms with Gasteiger partial charge in [0.2, 0.25) is 0 Å². The molecular weight excluding hydrogens is 1140 g/mol. The first-order valence-corrected chi connectivity index (χ1v) is 33.4. The molecule has 2 aliphatic heterocycles. The zero-order valence-electron chi connectivity index (χ0n) is 45.3. The van der Waals surface area contributed by atoms with Crippen molar-refractivity contribution >= 4 is 43.3 Å². The van der Waals surface area contributed by atoms with Crippen LogP contribution >= 0.6 is 27.3 Å². The molecule has 1 saturated heterocycles. The molecule has 0 spiro atoms. The molecule has 6 nitrogen and oxygen atoms in total. The molecule has 76 heavy (non-hydrogen) atoms. The van der Waals surface area contributed by atoms with Crippen molar-refractivity contribution in [3.8, 4) is 0 Å². The van der Waals surface area contributed by atoms with Gasteiger partial charge in [-0.1, -0.05) is 61.2 Å². The van der Waals surface area contributed by atoms with E-state index in [0.717, 1.165) is 18.7 Å². The van der Waals surface area contributed by atoms with Gasteiger partial charge in [-0.15, -0.1) is 0 Å². The molecule has 3 aliphatic carbocycles. The van der Waals surface area contributed by atoms with E-state index in [1.54, 1.807) is 96.3 Å². The SMILES string of the molecule is C1CCC([PH+](C2CCCCC2)C2CCCCC2)CC1.C=COC(C)(OC(=C)F)C(F)(F)F.CC1(C(F)(F)F)OC=C(F)O1.Cc1cc(C)c(N2[CH-]N(c3c(C)cc(C)cc3C)CC2)c(C)c1.[Cl][Ru]([Cl])=[CH]c1ccccc1. The normalized spacial score (nSPS) is 20.2. The van der Waals surface area contributed by atoms with Gasteiger partial charge in [0, 0.05) is 46.2 Å². The molecule has 3 aromatic carbocycles. The number of alkyl halides is 6. The van der Waals surface area contributed by atoms with E-state index in [1.807, 2.05) is 34.9 Å². The Hall–Kier alpha value is -3.38. The van der Waals surface area contributed by atoms with Crippen molar-refractivity contribution in [3.63, 3.8) is 0 Å². The van der Waals surface area contributed by atoms with E-state index in [2.05, 4.69) is 114 Å². The standard InChI is InChI=1S/C21H27N2.C18H33P.C7H8F4O2.C7H6.C5H4F4O2.2ClH.Ru/c1-14-9-16(3)20(17(4)10-14)22-7-8-23(13-22)21-18(5)11-15(2)12-19(21)6;1-4-10-16(11-5-1)19(17-12-6-2-7-13-17)18-14-8-3-9-15-18;1-4-12-6(3,7(9,10)11)13-5(2)8;1-7-5-3-2-4-6-7;1-4(5(7,8)9)10-2-3(6)11-4;;;/h9-13H,7-8H2,1-6H3;16-18H,1-15H2;4H,1-2H2,3H3;1-6H;2H,1H3;2*1H;/q-1;;;;;;;+2/p-1. The summed E-state index contributed by atoms with van der Waals surface area (Å²) in [5, 5.41) is 0. The van der Waals surface area contributed by atoms with Crippen LogP contribution < -0.4 is 9.80 Å². The van der Waals surface area contributed by atoms with Gasteiger partial charge in [0.05, 0.1) is 23.2 Å². The molecule has 3 saturated carbocycles. The molecule has 0 aromatic heterocycles. The third-order valence-corrected chi connectivity index (χ3v) is 20.7. The second-order valence-corrected chi connectivity index (χ2v) is 29.7. The molecule has 0 bridgehead atoms. The summed E-state index contributed by atoms with van der Waals surface area (Å²) in [6, 6.07) is 16.1. The van der Waals surface area contributed by atoms with Crippen LogP contribution in [0.25, 0.3) is 0 Å². The van der Waals surface area contributed by atoms with E-state index in [0.29, 0.717) is 20.1 Å². The molecular formula is C58H79Cl2F8N2O4PRu. The number of anilines is 2. The van der Waals surface area contributed by atoms with Gasteiger partial charge in [-0.05, 0) is 147 Å². The monoisotopic (exact) mass is 1220 g/mol. The van der Waals surface area contributed by atoms with Crippen LogP contribution in [-0.2, 0) is 32.5 Å². The Morgan fingerprint density at radius 3 is 1.41 bits per heavy atom. The summed E-state index contributed by atoms with van der Waals surface area (Å²) in [5.74, 6) is -5.95. The Bertz CT molecular complexity index is 2220. The molecule has 3 aromatic rings. The van der Waals surface area contributed by atoms with Crippen LogP contribution in [0, 0.1) is 48.2 Å². The van der Waals surface area contributed by atoms with Crippen LogP contribution in [0.5, 0.6) is 0 Å². The summed E-state index contributed by atoms with van der Waals surface area (Å²) in [7, 11) is 11.3. The van der Waals surface area contributed by atoms with Gasteiger partial charge in [0.25, 0.3) is 6.01 Å². The molecule has 0 N–H and O–H groups in total. The van der Waals surface area contributed by atoms with E-state index in [1.165, 1.54) is 61.7 Å². The van der Waals surface area contributed by atoms with Gasteiger partial charge in [0.1, 0.15) is 0 Å². The van der Waals surface area contributed by atoms with Crippen molar-refractivity contribution in [3.05, 3.63) is 138 Å². The van der Waals surface area contributed by atoms with E-state index in [4.69, 9.17) is 19.4 Å². The van der Waals surface area contributed by atoms with Crippen molar-refractivity contribution in [2.24, 2.45) is 0 Å². The first-order chi connectivity index (χ1) is 35.7. The fourth-order valence-corrected chi connectivity index (χ4v) is 18.1. The van der Waals surface area contributed by atoms with Crippen molar-refractivity contribution in [1.29, 1.82) is 0 Å². The number of benzene rings is 3. The van der Waals surface area contributed by atoms with Gasteiger partial charge < -0.3 is 28.7 Å². The minimum absolute atomic E-state index is 0.0465. The van der Waals surface area contributed by atoms with Crippen LogP contribution in [0.3, 0.4) is 0 Å². The average molecular weight is 1220 g/mol. The number of hydrogen-bond donors (Lipinski definition) is 0. The Morgan fingerprint density at radius 2 is 1.12 bits per heavy atom. The van der Waals surface area contributed by atoms with Gasteiger partial charge in [0.15, 0.2) is 6.26 Å². The van der Waals surface area contributed by atoms with Crippen molar-refractivity contribution in [2.45, 2.75) is 193 Å². The summed E-state index contributed by atoms with van der Waals surface area (Å²) >= 11 is -1.61.